The summed E-state index contributed by atoms with van der Waals surface area (Å²) in [5.74, 6) is -1.04. The number of rotatable bonds is 4. The Bertz CT molecular complexity index is 785. The number of hydrogen-bond acceptors (Lipinski definition) is 6. The highest BCUT2D eigenvalue weighted by molar-refractivity contribution is 7.87. The number of hydrogen-bond donors (Lipinski definition) is 0. The maximum Gasteiger partial charge on any atom is 0.408 e. The first kappa shape index (κ1) is 14.9. The molecule has 0 amide bonds. The fourth-order valence-electron chi connectivity index (χ4n) is 1.60. The van der Waals surface area contributed by atoms with Crippen molar-refractivity contribution in [3.63, 3.8) is 0 Å². The average molecular weight is 308 g/mol. The lowest BCUT2D eigenvalue weighted by molar-refractivity contribution is -0.390. The van der Waals surface area contributed by atoms with E-state index < -0.39 is 26.6 Å². The van der Waals surface area contributed by atoms with Crippen molar-refractivity contribution in [1.82, 2.24) is 4.98 Å². The normalized spacial score (nSPS) is 11.1. The molecule has 0 radical (unpaired) electrons. The van der Waals surface area contributed by atoms with Crippen molar-refractivity contribution in [2.45, 2.75) is 18.7 Å². The molecule has 0 aliphatic carbocycles. The van der Waals surface area contributed by atoms with Crippen molar-refractivity contribution in [2.24, 2.45) is 0 Å². The van der Waals surface area contributed by atoms with Gasteiger partial charge in [0.15, 0.2) is 0 Å². The number of benzene rings is 1. The molecule has 0 fully saturated rings. The van der Waals surface area contributed by atoms with Gasteiger partial charge in [0.25, 0.3) is 0 Å². The van der Waals surface area contributed by atoms with E-state index in [-0.39, 0.29) is 4.90 Å². The minimum atomic E-state index is -4.14. The van der Waals surface area contributed by atoms with Crippen molar-refractivity contribution in [1.29, 1.82) is 0 Å². The van der Waals surface area contributed by atoms with Crippen molar-refractivity contribution in [3.05, 3.63) is 57.8 Å². The van der Waals surface area contributed by atoms with Gasteiger partial charge in [0.05, 0.1) is 0 Å². The van der Waals surface area contributed by atoms with Gasteiger partial charge in [-0.15, -0.1) is 0 Å². The Morgan fingerprint density at radius 1 is 1.10 bits per heavy atom. The highest BCUT2D eigenvalue weighted by atomic mass is 32.2. The molecule has 2 aromatic rings. The number of aromatic nitrogens is 1. The quantitative estimate of drug-likeness (QED) is 0.488. The minimum absolute atomic E-state index is 0.0806. The summed E-state index contributed by atoms with van der Waals surface area (Å²) < 4.78 is 29.0. The van der Waals surface area contributed by atoms with E-state index >= 15 is 0 Å². The van der Waals surface area contributed by atoms with E-state index in [9.17, 15) is 18.5 Å². The van der Waals surface area contributed by atoms with Gasteiger partial charge in [0.1, 0.15) is 10.6 Å². The predicted molar refractivity (Wildman–Crippen MR) is 74.6 cm³/mol. The summed E-state index contributed by atoms with van der Waals surface area (Å²) in [6.07, 6.45) is 0. The molecule has 110 valence electrons. The Morgan fingerprint density at radius 2 is 1.71 bits per heavy atom. The molecule has 0 saturated heterocycles. The standard InChI is InChI=1S/C13H12N2O5S/c1-9-3-6-11(7-4-9)21(18,19)20-12-8-5-10(2)14-13(12)15(16)17/h3-8H,1-2H3. The first-order valence-electron chi connectivity index (χ1n) is 5.93. The summed E-state index contributed by atoms with van der Waals surface area (Å²) in [7, 11) is -4.14. The van der Waals surface area contributed by atoms with Crippen molar-refractivity contribution >= 4 is 15.9 Å². The number of aryl methyl sites for hydroxylation is 2. The minimum Gasteiger partial charge on any atom is -0.370 e. The number of nitrogens with zero attached hydrogens (tertiary/aromatic N) is 2. The third-order valence-electron chi connectivity index (χ3n) is 2.66. The lowest BCUT2D eigenvalue weighted by Gasteiger charge is -2.07. The molecule has 7 nitrogen and oxygen atoms in total. The maximum absolute atomic E-state index is 12.1. The van der Waals surface area contributed by atoms with E-state index in [0.29, 0.717) is 5.69 Å². The maximum atomic E-state index is 12.1. The SMILES string of the molecule is Cc1ccc(S(=O)(=O)Oc2ccc(C)nc2[N+](=O)[O-])cc1. The van der Waals surface area contributed by atoms with Crippen LogP contribution in [-0.4, -0.2) is 18.3 Å². The molecular weight excluding hydrogens is 296 g/mol. The predicted octanol–water partition coefficient (Wildman–Crippen LogP) is 2.37. The van der Waals surface area contributed by atoms with Crippen LogP contribution in [0.4, 0.5) is 5.82 Å². The molecule has 0 aliphatic heterocycles. The molecular formula is C13H12N2O5S. The lowest BCUT2D eigenvalue weighted by Crippen LogP contribution is -2.11. The second-order valence-corrected chi connectivity index (χ2v) is 5.93. The van der Waals surface area contributed by atoms with E-state index in [4.69, 9.17) is 4.18 Å². The first-order valence-corrected chi connectivity index (χ1v) is 7.33. The molecule has 1 aromatic heterocycles. The van der Waals surface area contributed by atoms with Gasteiger partial charge in [0.2, 0.25) is 5.75 Å². The van der Waals surface area contributed by atoms with Crippen LogP contribution < -0.4 is 4.18 Å². The van der Waals surface area contributed by atoms with Crippen LogP contribution >= 0.6 is 0 Å². The van der Waals surface area contributed by atoms with Gasteiger partial charge in [0, 0.05) is 6.92 Å². The second-order valence-electron chi connectivity index (χ2n) is 4.38. The average Bonchev–Trinajstić information content (AvgIpc) is 2.41. The number of nitro groups is 1. The molecule has 0 atom stereocenters. The molecule has 0 bridgehead atoms. The van der Waals surface area contributed by atoms with Crippen LogP contribution in [0.25, 0.3) is 0 Å². The van der Waals surface area contributed by atoms with Crippen molar-refractivity contribution in [3.8, 4) is 5.75 Å². The van der Waals surface area contributed by atoms with Gasteiger partial charge in [-0.2, -0.15) is 8.42 Å². The molecule has 0 saturated carbocycles. The van der Waals surface area contributed by atoms with Crippen LogP contribution in [0.3, 0.4) is 0 Å². The Balaban J connectivity index is 2.41. The zero-order valence-corrected chi connectivity index (χ0v) is 12.1. The van der Waals surface area contributed by atoms with Crippen LogP contribution in [0, 0.1) is 24.0 Å². The van der Waals surface area contributed by atoms with Gasteiger partial charge in [-0.25, -0.2) is 0 Å². The first-order chi connectivity index (χ1) is 9.79. The molecule has 0 N–H and O–H groups in total. The van der Waals surface area contributed by atoms with Crippen LogP contribution in [0.1, 0.15) is 11.3 Å². The molecule has 8 heteroatoms. The zero-order valence-electron chi connectivity index (χ0n) is 11.3. The van der Waals surface area contributed by atoms with E-state index in [2.05, 4.69) is 4.98 Å². The Labute approximate surface area is 121 Å². The molecule has 1 heterocycles. The summed E-state index contributed by atoms with van der Waals surface area (Å²) in [5.41, 5.74) is 1.28. The Morgan fingerprint density at radius 3 is 2.29 bits per heavy atom. The number of pyridine rings is 1. The Kier molecular flexibility index (Phi) is 3.90. The summed E-state index contributed by atoms with van der Waals surface area (Å²) in [6.45, 7) is 3.37. The highest BCUT2D eigenvalue weighted by Gasteiger charge is 2.24. The summed E-state index contributed by atoms with van der Waals surface area (Å²) in [4.78, 5) is 13.7. The largest absolute Gasteiger partial charge is 0.408 e. The summed E-state index contributed by atoms with van der Waals surface area (Å²) in [5, 5.41) is 10.9. The summed E-state index contributed by atoms with van der Waals surface area (Å²) >= 11 is 0. The van der Waals surface area contributed by atoms with E-state index in [1.165, 1.54) is 24.3 Å². The summed E-state index contributed by atoms with van der Waals surface area (Å²) in [6, 6.07) is 8.62. The molecule has 1 aromatic carbocycles. The third-order valence-corrected chi connectivity index (χ3v) is 3.91. The van der Waals surface area contributed by atoms with E-state index in [1.54, 1.807) is 19.1 Å². The van der Waals surface area contributed by atoms with Gasteiger partial charge in [-0.3, -0.25) is 0 Å². The molecule has 0 spiro atoms. The van der Waals surface area contributed by atoms with Crippen LogP contribution in [0.2, 0.25) is 0 Å². The molecule has 0 aliphatic rings. The van der Waals surface area contributed by atoms with Gasteiger partial charge in [-0.05, 0) is 41.1 Å². The van der Waals surface area contributed by atoms with E-state index in [0.717, 1.165) is 5.56 Å². The molecule has 0 unspecified atom stereocenters. The van der Waals surface area contributed by atoms with E-state index in [1.807, 2.05) is 6.92 Å². The van der Waals surface area contributed by atoms with Gasteiger partial charge < -0.3 is 14.3 Å². The topological polar surface area (TPSA) is 99.4 Å². The zero-order chi connectivity index (χ0) is 15.6. The Hall–Kier alpha value is -2.48. The van der Waals surface area contributed by atoms with Gasteiger partial charge >= 0.3 is 15.9 Å². The third kappa shape index (κ3) is 3.34. The second kappa shape index (κ2) is 5.49. The van der Waals surface area contributed by atoms with Crippen molar-refractivity contribution in [2.75, 3.05) is 0 Å². The molecule has 2 rings (SSSR count). The van der Waals surface area contributed by atoms with Gasteiger partial charge in [-0.1, -0.05) is 17.7 Å². The van der Waals surface area contributed by atoms with Crippen LogP contribution in [0.15, 0.2) is 41.3 Å². The lowest BCUT2D eigenvalue weighted by atomic mass is 10.2. The monoisotopic (exact) mass is 308 g/mol. The van der Waals surface area contributed by atoms with Crippen LogP contribution in [-0.2, 0) is 10.1 Å². The molecule has 21 heavy (non-hydrogen) atoms. The smallest absolute Gasteiger partial charge is 0.370 e. The van der Waals surface area contributed by atoms with Crippen LogP contribution in [0.5, 0.6) is 5.75 Å². The highest BCUT2D eigenvalue weighted by Crippen LogP contribution is 2.27. The fraction of sp³-hybridized carbons (Fsp3) is 0.154. The fourth-order valence-corrected chi connectivity index (χ4v) is 2.53. The van der Waals surface area contributed by atoms with Crippen molar-refractivity contribution < 1.29 is 17.5 Å².